The normalized spacial score (nSPS) is 9.67. The van der Waals surface area contributed by atoms with Crippen molar-refractivity contribution in [1.29, 1.82) is 0 Å². The molecule has 0 aliphatic carbocycles. The molecular weight excluding hydrogens is 147 g/mol. The number of hydrogen-bond acceptors (Lipinski definition) is 2. The summed E-state index contributed by atoms with van der Waals surface area (Å²) in [5, 5.41) is 0. The molecule has 2 radical (unpaired) electrons. The Bertz CT molecular complexity index is 107. The number of alkyl halides is 3. The molecule has 0 spiro atoms. The zero-order chi connectivity index (χ0) is 6.78. The molecule has 0 saturated heterocycles. The fraction of sp³-hybridized carbons (Fsp3) is 0.500. The molecule has 0 unspecified atom stereocenters. The second-order valence-electron chi connectivity index (χ2n) is 0.903. The number of carbonyl (C=O) groups is 1. The maximum atomic E-state index is 10.9. The first-order valence-corrected chi connectivity index (χ1v) is 1.46. The summed E-state index contributed by atoms with van der Waals surface area (Å²) < 4.78 is 35.5. The summed E-state index contributed by atoms with van der Waals surface area (Å²) in [6.07, 6.45) is -4.98. The Morgan fingerprint density at radius 2 is 1.89 bits per heavy atom. The Kier molecular flexibility index (Phi) is 5.61. The van der Waals surface area contributed by atoms with Gasteiger partial charge in [-0.25, -0.2) is 4.79 Å². The third kappa shape index (κ3) is 4.81. The van der Waals surface area contributed by atoms with Crippen LogP contribution in [0.1, 0.15) is 1.43 Å². The van der Waals surface area contributed by atoms with Crippen molar-refractivity contribution in [2.45, 2.75) is 6.18 Å². The van der Waals surface area contributed by atoms with Gasteiger partial charge in [0.1, 0.15) is 0 Å². The van der Waals surface area contributed by atoms with E-state index in [9.17, 15) is 18.0 Å². The van der Waals surface area contributed by atoms with Crippen LogP contribution in [0.4, 0.5) is 13.2 Å². The van der Waals surface area contributed by atoms with E-state index in [1.807, 2.05) is 0 Å². The van der Waals surface area contributed by atoms with E-state index >= 15 is 0 Å². The van der Waals surface area contributed by atoms with Crippen LogP contribution in [-0.2, 0) is 9.45 Å². The van der Waals surface area contributed by atoms with Gasteiger partial charge in [0.15, 0.2) is 0 Å². The molecule has 0 bridgehead atoms. The third-order valence-corrected chi connectivity index (χ3v) is 0.338. The van der Waals surface area contributed by atoms with Crippen molar-refractivity contribution in [3.63, 3.8) is 0 Å². The molecule has 0 heterocycles. The number of hydrogen-bond donors (Lipinski definition) is 0. The Balaban J connectivity index is -0.000000245. The molecule has 0 aliphatic rings. The van der Waals surface area contributed by atoms with Gasteiger partial charge in [-0.3, -0.25) is 0 Å². The molecular formula is C2HBF3NaO2. The van der Waals surface area contributed by atoms with Gasteiger partial charge in [-0.15, -0.1) is 0 Å². The van der Waals surface area contributed by atoms with Crippen LogP contribution in [0.2, 0.25) is 0 Å². The number of halogens is 3. The molecule has 0 fully saturated rings. The molecule has 9 heavy (non-hydrogen) atoms. The summed E-state index contributed by atoms with van der Waals surface area (Å²) in [7, 11) is 3.89. The largest absolute Gasteiger partial charge is 1.00 e. The van der Waals surface area contributed by atoms with Crippen molar-refractivity contribution in [3.8, 4) is 0 Å². The summed E-state index contributed by atoms with van der Waals surface area (Å²) in [6, 6.07) is 0. The van der Waals surface area contributed by atoms with Crippen molar-refractivity contribution in [2.24, 2.45) is 0 Å². The minimum absolute atomic E-state index is 0. The van der Waals surface area contributed by atoms with Gasteiger partial charge in [-0.2, -0.15) is 13.2 Å². The average Bonchev–Trinajstić information content (AvgIpc) is 1.62. The van der Waals surface area contributed by atoms with Crippen LogP contribution < -0.4 is 29.6 Å². The maximum Gasteiger partial charge on any atom is 1.00 e. The summed E-state index contributed by atoms with van der Waals surface area (Å²) in [5.41, 5.74) is 0. The maximum absolute atomic E-state index is 10.9. The van der Waals surface area contributed by atoms with Crippen LogP contribution in [0.5, 0.6) is 0 Å². The van der Waals surface area contributed by atoms with E-state index in [1.165, 1.54) is 0 Å². The summed E-state index contributed by atoms with van der Waals surface area (Å²) in [6.45, 7) is 0. The minimum atomic E-state index is -4.98. The molecule has 0 atom stereocenters. The fourth-order valence-corrected chi connectivity index (χ4v) is 0.0668. The second kappa shape index (κ2) is 4.19. The molecule has 0 rings (SSSR count). The summed E-state index contributed by atoms with van der Waals surface area (Å²) in [5.74, 6) is -2.39. The van der Waals surface area contributed by atoms with Crippen molar-refractivity contribution < 1.29 is 53.6 Å². The van der Waals surface area contributed by atoms with Crippen LogP contribution >= 0.6 is 0 Å². The quantitative estimate of drug-likeness (QED) is 0.349. The Labute approximate surface area is 74.0 Å². The first-order chi connectivity index (χ1) is 3.48. The molecule has 0 amide bonds. The third-order valence-electron chi connectivity index (χ3n) is 0.338. The van der Waals surface area contributed by atoms with Gasteiger partial charge in [-0.1, -0.05) is 0 Å². The topological polar surface area (TPSA) is 26.3 Å². The zero-order valence-corrected chi connectivity index (χ0v) is 6.53. The van der Waals surface area contributed by atoms with E-state index in [-0.39, 0.29) is 31.0 Å². The molecule has 2 nitrogen and oxygen atoms in total. The van der Waals surface area contributed by atoms with E-state index in [1.54, 1.807) is 0 Å². The predicted molar refractivity (Wildman–Crippen MR) is 19.0 cm³/mol. The Morgan fingerprint density at radius 3 is 1.89 bits per heavy atom. The first-order valence-electron chi connectivity index (χ1n) is 1.46. The van der Waals surface area contributed by atoms with Crippen molar-refractivity contribution in [2.75, 3.05) is 0 Å². The van der Waals surface area contributed by atoms with Crippen LogP contribution in [0, 0.1) is 0 Å². The van der Waals surface area contributed by atoms with Crippen LogP contribution in [0.25, 0.3) is 0 Å². The van der Waals surface area contributed by atoms with Gasteiger partial charge in [0, 0.05) is 0 Å². The van der Waals surface area contributed by atoms with Gasteiger partial charge in [-0.05, 0) is 0 Å². The van der Waals surface area contributed by atoms with E-state index in [0.717, 1.165) is 0 Å². The predicted octanol–water partition coefficient (Wildman–Crippen LogP) is -2.71. The fourth-order valence-electron chi connectivity index (χ4n) is 0.0668. The van der Waals surface area contributed by atoms with Crippen molar-refractivity contribution >= 4 is 14.0 Å². The van der Waals surface area contributed by atoms with Gasteiger partial charge in [0.2, 0.25) is 0 Å². The Morgan fingerprint density at radius 1 is 1.56 bits per heavy atom. The summed E-state index contributed by atoms with van der Waals surface area (Å²) >= 11 is 0. The van der Waals surface area contributed by atoms with Crippen molar-refractivity contribution in [3.05, 3.63) is 0 Å². The van der Waals surface area contributed by atoms with Gasteiger partial charge in [0.05, 0.1) is 0 Å². The Hall–Kier alpha value is 0.325. The smallest absolute Gasteiger partial charge is 1.00 e. The summed E-state index contributed by atoms with van der Waals surface area (Å²) in [4.78, 5) is 9.36. The van der Waals surface area contributed by atoms with E-state index < -0.39 is 12.1 Å². The zero-order valence-electron chi connectivity index (χ0n) is 5.53. The van der Waals surface area contributed by atoms with Crippen LogP contribution in [-0.4, -0.2) is 20.2 Å². The van der Waals surface area contributed by atoms with Gasteiger partial charge < -0.3 is 6.08 Å². The van der Waals surface area contributed by atoms with E-state index in [2.05, 4.69) is 12.7 Å². The van der Waals surface area contributed by atoms with Gasteiger partial charge in [0.25, 0.3) is 0 Å². The molecule has 0 saturated carbocycles. The minimum Gasteiger partial charge on any atom is -1.00 e. The number of rotatable bonds is 0. The molecule has 0 aromatic heterocycles. The van der Waals surface area contributed by atoms with E-state index in [0.29, 0.717) is 0 Å². The molecule has 0 aromatic carbocycles. The SMILES string of the molecule is [B]OC(=O)C(F)(F)F.[H-].[Na+]. The van der Waals surface area contributed by atoms with E-state index in [4.69, 9.17) is 0 Å². The molecule has 0 N–H and O–H groups in total. The van der Waals surface area contributed by atoms with Crippen LogP contribution in [0.3, 0.4) is 0 Å². The monoisotopic (exact) mass is 148 g/mol. The van der Waals surface area contributed by atoms with Crippen LogP contribution in [0.15, 0.2) is 0 Å². The molecule has 0 aliphatic heterocycles. The standard InChI is InChI=1S/C2BF3O2.Na.H/c3-8-1(7)2(4,5)6;;/q;+1;-1. The molecule has 0 aromatic rings. The molecule has 7 heteroatoms. The first kappa shape index (κ1) is 12.0. The van der Waals surface area contributed by atoms with Crippen molar-refractivity contribution in [1.82, 2.24) is 0 Å². The second-order valence-corrected chi connectivity index (χ2v) is 0.903. The molecule has 46 valence electrons. The van der Waals surface area contributed by atoms with Gasteiger partial charge >= 0.3 is 49.8 Å². The number of carbonyl (C=O) groups excluding carboxylic acids is 1. The average molecular weight is 148 g/mol.